The minimum absolute atomic E-state index is 0.502. The molecule has 3 nitrogen and oxygen atoms in total. The molecule has 0 amide bonds. The monoisotopic (exact) mass is 235 g/mol. The van der Waals surface area contributed by atoms with E-state index in [2.05, 4.69) is 44.5 Å². The van der Waals surface area contributed by atoms with Crippen molar-refractivity contribution in [2.24, 2.45) is 5.92 Å². The van der Waals surface area contributed by atoms with Crippen molar-refractivity contribution in [1.82, 2.24) is 14.9 Å². The lowest BCUT2D eigenvalue weighted by Gasteiger charge is -2.25. The largest absolute Gasteiger partial charge is 0.328 e. The van der Waals surface area contributed by atoms with Gasteiger partial charge in [0.15, 0.2) is 0 Å². The van der Waals surface area contributed by atoms with E-state index in [1.165, 1.54) is 17.2 Å². The number of imidazole rings is 1. The van der Waals surface area contributed by atoms with Gasteiger partial charge in [0, 0.05) is 37.2 Å². The lowest BCUT2D eigenvalue weighted by atomic mass is 10.0. The van der Waals surface area contributed by atoms with E-state index in [9.17, 15) is 0 Å². The summed E-state index contributed by atoms with van der Waals surface area (Å²) < 4.78 is 2.51. The van der Waals surface area contributed by atoms with E-state index in [1.54, 1.807) is 0 Å². The van der Waals surface area contributed by atoms with Gasteiger partial charge in [-0.05, 0) is 12.8 Å². The van der Waals surface area contributed by atoms with E-state index in [1.807, 2.05) is 0 Å². The van der Waals surface area contributed by atoms with E-state index in [0.29, 0.717) is 17.9 Å². The molecule has 1 atom stereocenters. The van der Waals surface area contributed by atoms with Crippen LogP contribution in [0.25, 0.3) is 0 Å². The van der Waals surface area contributed by atoms with Crippen molar-refractivity contribution in [2.45, 2.75) is 59.5 Å². The van der Waals surface area contributed by atoms with Crippen LogP contribution in [0.4, 0.5) is 0 Å². The molecule has 3 heteroatoms. The molecule has 2 heterocycles. The van der Waals surface area contributed by atoms with Gasteiger partial charge in [-0.3, -0.25) is 0 Å². The van der Waals surface area contributed by atoms with Crippen LogP contribution in [-0.2, 0) is 13.0 Å². The molecule has 0 spiro atoms. The second-order valence-corrected chi connectivity index (χ2v) is 5.80. The molecule has 1 aromatic heterocycles. The van der Waals surface area contributed by atoms with Gasteiger partial charge in [0.25, 0.3) is 0 Å². The van der Waals surface area contributed by atoms with Crippen LogP contribution in [0.2, 0.25) is 0 Å². The summed E-state index contributed by atoms with van der Waals surface area (Å²) >= 11 is 0. The summed E-state index contributed by atoms with van der Waals surface area (Å²) in [6, 6.07) is 0.543. The third kappa shape index (κ3) is 2.25. The van der Waals surface area contributed by atoms with Gasteiger partial charge in [-0.25, -0.2) is 4.98 Å². The zero-order chi connectivity index (χ0) is 12.6. The van der Waals surface area contributed by atoms with E-state index < -0.39 is 0 Å². The van der Waals surface area contributed by atoms with Crippen LogP contribution in [0.1, 0.15) is 63.8 Å². The fourth-order valence-electron chi connectivity index (χ4n) is 2.51. The second kappa shape index (κ2) is 4.81. The van der Waals surface area contributed by atoms with Crippen molar-refractivity contribution in [3.63, 3.8) is 0 Å². The molecule has 1 N–H and O–H groups in total. The Morgan fingerprint density at radius 2 is 1.88 bits per heavy atom. The first-order valence-electron chi connectivity index (χ1n) is 6.83. The first-order valence-corrected chi connectivity index (χ1v) is 6.83. The molecular weight excluding hydrogens is 210 g/mol. The minimum Gasteiger partial charge on any atom is -0.328 e. The summed E-state index contributed by atoms with van der Waals surface area (Å²) in [5.41, 5.74) is 2.74. The van der Waals surface area contributed by atoms with Gasteiger partial charge < -0.3 is 9.88 Å². The van der Waals surface area contributed by atoms with E-state index in [4.69, 9.17) is 4.98 Å². The Labute approximate surface area is 105 Å². The van der Waals surface area contributed by atoms with Crippen LogP contribution in [0.3, 0.4) is 0 Å². The van der Waals surface area contributed by atoms with Crippen molar-refractivity contribution in [2.75, 3.05) is 6.54 Å². The summed E-state index contributed by atoms with van der Waals surface area (Å²) in [6.45, 7) is 13.4. The highest BCUT2D eigenvalue weighted by Crippen LogP contribution is 2.29. The Morgan fingerprint density at radius 3 is 2.47 bits per heavy atom. The van der Waals surface area contributed by atoms with Crippen LogP contribution >= 0.6 is 0 Å². The molecule has 0 saturated carbocycles. The van der Waals surface area contributed by atoms with Crippen LogP contribution in [0.15, 0.2) is 0 Å². The Hall–Kier alpha value is -0.830. The summed E-state index contributed by atoms with van der Waals surface area (Å²) in [6.07, 6.45) is 1.12. The maximum absolute atomic E-state index is 4.85. The fourth-order valence-corrected chi connectivity index (χ4v) is 2.51. The van der Waals surface area contributed by atoms with E-state index >= 15 is 0 Å². The molecule has 1 aliphatic heterocycles. The van der Waals surface area contributed by atoms with Crippen LogP contribution < -0.4 is 5.32 Å². The number of nitrogens with zero attached hydrogens (tertiary/aromatic N) is 2. The van der Waals surface area contributed by atoms with Gasteiger partial charge >= 0.3 is 0 Å². The van der Waals surface area contributed by atoms with Gasteiger partial charge in [-0.2, -0.15) is 0 Å². The minimum atomic E-state index is 0.502. The Morgan fingerprint density at radius 1 is 1.18 bits per heavy atom. The topological polar surface area (TPSA) is 29.9 Å². The van der Waals surface area contributed by atoms with Crippen LogP contribution in [0.5, 0.6) is 0 Å². The highest BCUT2D eigenvalue weighted by Gasteiger charge is 2.25. The molecule has 0 bridgehead atoms. The molecule has 0 aliphatic carbocycles. The molecule has 0 fully saturated rings. The quantitative estimate of drug-likeness (QED) is 0.873. The molecule has 0 aromatic carbocycles. The third-order valence-electron chi connectivity index (χ3n) is 3.84. The molecule has 2 rings (SSSR count). The predicted molar refractivity (Wildman–Crippen MR) is 71.3 cm³/mol. The first-order chi connectivity index (χ1) is 8.02. The van der Waals surface area contributed by atoms with Crippen molar-refractivity contribution in [3.05, 3.63) is 17.2 Å². The number of hydrogen-bond donors (Lipinski definition) is 1. The zero-order valence-corrected chi connectivity index (χ0v) is 11.7. The summed E-state index contributed by atoms with van der Waals surface area (Å²) in [5, 5.41) is 3.41. The second-order valence-electron chi connectivity index (χ2n) is 5.80. The van der Waals surface area contributed by atoms with Crippen LogP contribution in [-0.4, -0.2) is 16.1 Å². The van der Waals surface area contributed by atoms with Gasteiger partial charge in [-0.15, -0.1) is 0 Å². The smallest absolute Gasteiger partial charge is 0.112 e. The van der Waals surface area contributed by atoms with E-state index in [0.717, 1.165) is 19.5 Å². The maximum Gasteiger partial charge on any atom is 0.112 e. The summed E-state index contributed by atoms with van der Waals surface area (Å²) in [5.74, 6) is 2.42. The first kappa shape index (κ1) is 12.6. The third-order valence-corrected chi connectivity index (χ3v) is 3.84. The maximum atomic E-state index is 4.85. The molecule has 96 valence electrons. The highest BCUT2D eigenvalue weighted by atomic mass is 15.1. The number of nitrogens with one attached hydrogen (secondary N) is 1. The SMILES string of the molecule is CC(C)c1nc2c(n1C(C)C(C)C)CCNC2. The predicted octanol–water partition coefficient (Wildman–Crippen LogP) is 2.87. The molecule has 1 aromatic rings. The Bertz CT molecular complexity index is 390. The lowest BCUT2D eigenvalue weighted by molar-refractivity contribution is 0.379. The highest BCUT2D eigenvalue weighted by molar-refractivity contribution is 5.22. The van der Waals surface area contributed by atoms with Crippen molar-refractivity contribution in [3.8, 4) is 0 Å². The van der Waals surface area contributed by atoms with Crippen molar-refractivity contribution in [1.29, 1.82) is 0 Å². The number of hydrogen-bond acceptors (Lipinski definition) is 2. The van der Waals surface area contributed by atoms with Gasteiger partial charge in [0.2, 0.25) is 0 Å². The summed E-state index contributed by atoms with van der Waals surface area (Å²) in [7, 11) is 0. The zero-order valence-electron chi connectivity index (χ0n) is 11.7. The van der Waals surface area contributed by atoms with Crippen molar-refractivity contribution < 1.29 is 0 Å². The number of aromatic nitrogens is 2. The standard InChI is InChI=1S/C14H25N3/c1-9(2)11(5)17-13-6-7-15-8-12(13)16-14(17)10(3)4/h9-11,15H,6-8H2,1-5H3. The fraction of sp³-hybridized carbons (Fsp3) is 0.786. The number of rotatable bonds is 3. The normalized spacial score (nSPS) is 17.6. The Kier molecular flexibility index (Phi) is 3.57. The molecule has 0 radical (unpaired) electrons. The van der Waals surface area contributed by atoms with Gasteiger partial charge in [-0.1, -0.05) is 27.7 Å². The number of fused-ring (bicyclic) bond motifs is 1. The summed E-state index contributed by atoms with van der Waals surface area (Å²) in [4.78, 5) is 4.85. The van der Waals surface area contributed by atoms with E-state index in [-0.39, 0.29) is 0 Å². The molecule has 1 aliphatic rings. The molecular formula is C14H25N3. The average Bonchev–Trinajstić information content (AvgIpc) is 2.67. The molecule has 0 saturated heterocycles. The Balaban J connectivity index is 2.49. The molecule has 1 unspecified atom stereocenters. The molecule has 17 heavy (non-hydrogen) atoms. The van der Waals surface area contributed by atoms with Gasteiger partial charge in [0.1, 0.15) is 5.82 Å². The average molecular weight is 235 g/mol. The lowest BCUT2D eigenvalue weighted by Crippen LogP contribution is -2.26. The van der Waals surface area contributed by atoms with Crippen LogP contribution in [0, 0.1) is 5.92 Å². The van der Waals surface area contributed by atoms with Crippen molar-refractivity contribution >= 4 is 0 Å². The van der Waals surface area contributed by atoms with Gasteiger partial charge in [0.05, 0.1) is 5.69 Å².